The summed E-state index contributed by atoms with van der Waals surface area (Å²) in [5, 5.41) is 6.88. The average Bonchev–Trinajstić information content (AvgIpc) is 3.02. The molecule has 4 heteroatoms. The minimum Gasteiger partial charge on any atom is -0.357 e. The summed E-state index contributed by atoms with van der Waals surface area (Å²) in [5.74, 6) is 1.43. The van der Waals surface area contributed by atoms with Gasteiger partial charge in [0.25, 0.3) is 0 Å². The van der Waals surface area contributed by atoms with E-state index in [-0.39, 0.29) is 24.0 Å². The van der Waals surface area contributed by atoms with E-state index in [9.17, 15) is 0 Å². The molecule has 0 radical (unpaired) electrons. The molecule has 122 valence electrons. The number of guanidine groups is 1. The Morgan fingerprint density at radius 1 is 1.18 bits per heavy atom. The smallest absolute Gasteiger partial charge is 0.191 e. The van der Waals surface area contributed by atoms with Crippen LogP contribution >= 0.6 is 24.0 Å². The fourth-order valence-corrected chi connectivity index (χ4v) is 2.65. The molecule has 1 unspecified atom stereocenters. The van der Waals surface area contributed by atoms with Crippen molar-refractivity contribution in [3.63, 3.8) is 0 Å². The molecular formula is C18H28IN3. The third-order valence-corrected chi connectivity index (χ3v) is 3.93. The zero-order valence-corrected chi connectivity index (χ0v) is 15.9. The van der Waals surface area contributed by atoms with Crippen LogP contribution in [0.2, 0.25) is 0 Å². The lowest BCUT2D eigenvalue weighted by atomic mass is 9.97. The van der Waals surface area contributed by atoms with E-state index >= 15 is 0 Å². The molecule has 2 N–H and O–H groups in total. The average molecular weight is 413 g/mol. The van der Waals surface area contributed by atoms with Crippen molar-refractivity contribution in [3.05, 3.63) is 48.0 Å². The van der Waals surface area contributed by atoms with Crippen LogP contribution in [-0.4, -0.2) is 25.1 Å². The number of aliphatic imine (C=N–C) groups is 1. The summed E-state index contributed by atoms with van der Waals surface area (Å²) in [4.78, 5) is 4.79. The van der Waals surface area contributed by atoms with Gasteiger partial charge in [0.05, 0.1) is 0 Å². The molecule has 0 amide bonds. The van der Waals surface area contributed by atoms with Gasteiger partial charge in [0.2, 0.25) is 0 Å². The van der Waals surface area contributed by atoms with E-state index in [1.165, 1.54) is 5.56 Å². The van der Waals surface area contributed by atoms with Gasteiger partial charge in [-0.25, -0.2) is 0 Å². The van der Waals surface area contributed by atoms with Crippen molar-refractivity contribution in [2.75, 3.05) is 13.1 Å². The molecule has 0 saturated heterocycles. The SMILES string of the molecule is CCNC(=NCC(CC)c1ccccc1)NC1CC=CC1.I. The summed E-state index contributed by atoms with van der Waals surface area (Å²) < 4.78 is 0. The van der Waals surface area contributed by atoms with E-state index in [1.807, 2.05) is 0 Å². The maximum atomic E-state index is 4.79. The molecule has 0 saturated carbocycles. The normalized spacial score (nSPS) is 16.2. The van der Waals surface area contributed by atoms with Gasteiger partial charge < -0.3 is 10.6 Å². The molecule has 1 aliphatic carbocycles. The van der Waals surface area contributed by atoms with E-state index in [2.05, 4.69) is 67.0 Å². The number of hydrogen-bond donors (Lipinski definition) is 2. The van der Waals surface area contributed by atoms with Crippen LogP contribution in [0, 0.1) is 0 Å². The van der Waals surface area contributed by atoms with Crippen molar-refractivity contribution < 1.29 is 0 Å². The van der Waals surface area contributed by atoms with Crippen molar-refractivity contribution in [1.82, 2.24) is 10.6 Å². The Kier molecular flexibility index (Phi) is 9.20. The highest BCUT2D eigenvalue weighted by molar-refractivity contribution is 14.0. The van der Waals surface area contributed by atoms with E-state index < -0.39 is 0 Å². The Balaban J connectivity index is 0.00000242. The van der Waals surface area contributed by atoms with Crippen LogP contribution in [0.25, 0.3) is 0 Å². The monoisotopic (exact) mass is 413 g/mol. The summed E-state index contributed by atoms with van der Waals surface area (Å²) in [6.07, 6.45) is 7.78. The van der Waals surface area contributed by atoms with Gasteiger partial charge in [0, 0.05) is 25.0 Å². The zero-order valence-electron chi connectivity index (χ0n) is 13.6. The summed E-state index contributed by atoms with van der Waals surface area (Å²) in [5.41, 5.74) is 1.38. The van der Waals surface area contributed by atoms with E-state index in [0.717, 1.165) is 38.3 Å². The number of hydrogen-bond acceptors (Lipinski definition) is 1. The van der Waals surface area contributed by atoms with Crippen LogP contribution in [0.5, 0.6) is 0 Å². The first-order valence-corrected chi connectivity index (χ1v) is 8.08. The molecule has 1 aromatic rings. The van der Waals surface area contributed by atoms with Gasteiger partial charge in [-0.2, -0.15) is 0 Å². The molecule has 0 aromatic heterocycles. The molecule has 3 nitrogen and oxygen atoms in total. The first kappa shape index (κ1) is 19.0. The summed E-state index contributed by atoms with van der Waals surface area (Å²) in [6.45, 7) is 6.07. The number of halogens is 1. The Labute approximate surface area is 151 Å². The highest BCUT2D eigenvalue weighted by atomic mass is 127. The molecule has 1 aromatic carbocycles. The highest BCUT2D eigenvalue weighted by Crippen LogP contribution is 2.19. The van der Waals surface area contributed by atoms with Crippen molar-refractivity contribution in [3.8, 4) is 0 Å². The largest absolute Gasteiger partial charge is 0.357 e. The third-order valence-electron chi connectivity index (χ3n) is 3.93. The lowest BCUT2D eigenvalue weighted by Crippen LogP contribution is -2.42. The van der Waals surface area contributed by atoms with Gasteiger partial charge in [-0.15, -0.1) is 24.0 Å². The Morgan fingerprint density at radius 2 is 1.86 bits per heavy atom. The lowest BCUT2D eigenvalue weighted by molar-refractivity contribution is 0.622. The van der Waals surface area contributed by atoms with Crippen LogP contribution in [0.3, 0.4) is 0 Å². The Morgan fingerprint density at radius 3 is 2.45 bits per heavy atom. The van der Waals surface area contributed by atoms with Gasteiger partial charge in [0.15, 0.2) is 5.96 Å². The number of benzene rings is 1. The highest BCUT2D eigenvalue weighted by Gasteiger charge is 2.13. The lowest BCUT2D eigenvalue weighted by Gasteiger charge is -2.18. The maximum absolute atomic E-state index is 4.79. The molecule has 22 heavy (non-hydrogen) atoms. The van der Waals surface area contributed by atoms with E-state index in [0.29, 0.717) is 12.0 Å². The second-order valence-corrected chi connectivity index (χ2v) is 5.52. The molecule has 0 aliphatic heterocycles. The first-order chi connectivity index (χ1) is 10.3. The second kappa shape index (κ2) is 10.6. The van der Waals surface area contributed by atoms with Crippen LogP contribution in [0.4, 0.5) is 0 Å². The van der Waals surface area contributed by atoms with Crippen LogP contribution in [0.1, 0.15) is 44.6 Å². The van der Waals surface area contributed by atoms with Gasteiger partial charge in [-0.1, -0.05) is 49.4 Å². The van der Waals surface area contributed by atoms with Gasteiger partial charge in [-0.05, 0) is 31.7 Å². The predicted molar refractivity (Wildman–Crippen MR) is 106 cm³/mol. The van der Waals surface area contributed by atoms with Gasteiger partial charge in [-0.3, -0.25) is 4.99 Å². The fraction of sp³-hybridized carbons (Fsp3) is 0.500. The van der Waals surface area contributed by atoms with Gasteiger partial charge in [0.1, 0.15) is 0 Å². The quantitative estimate of drug-likeness (QED) is 0.319. The molecule has 0 spiro atoms. The van der Waals surface area contributed by atoms with Gasteiger partial charge >= 0.3 is 0 Å². The molecule has 1 atom stereocenters. The Hall–Kier alpha value is -1.04. The minimum absolute atomic E-state index is 0. The summed E-state index contributed by atoms with van der Waals surface area (Å²) >= 11 is 0. The molecule has 2 rings (SSSR count). The number of rotatable bonds is 6. The van der Waals surface area contributed by atoms with Crippen molar-refractivity contribution in [2.45, 2.75) is 45.1 Å². The molecule has 0 fully saturated rings. The molecule has 1 aliphatic rings. The van der Waals surface area contributed by atoms with Crippen LogP contribution in [0.15, 0.2) is 47.5 Å². The molecule has 0 bridgehead atoms. The first-order valence-electron chi connectivity index (χ1n) is 8.08. The minimum atomic E-state index is 0. The standard InChI is InChI=1S/C18H27N3.HI/c1-3-15(16-10-6-5-7-11-16)14-20-18(19-4-2)21-17-12-8-9-13-17;/h5-11,15,17H,3-4,12-14H2,1-2H3,(H2,19,20,21);1H. The zero-order chi connectivity index (χ0) is 14.9. The van der Waals surface area contributed by atoms with Crippen molar-refractivity contribution >= 4 is 29.9 Å². The van der Waals surface area contributed by atoms with E-state index in [4.69, 9.17) is 4.99 Å². The molecular weight excluding hydrogens is 385 g/mol. The topological polar surface area (TPSA) is 36.4 Å². The van der Waals surface area contributed by atoms with Crippen LogP contribution in [-0.2, 0) is 0 Å². The second-order valence-electron chi connectivity index (χ2n) is 5.52. The van der Waals surface area contributed by atoms with Crippen LogP contribution < -0.4 is 10.6 Å². The fourth-order valence-electron chi connectivity index (χ4n) is 2.65. The maximum Gasteiger partial charge on any atom is 0.191 e. The number of nitrogens with zero attached hydrogens (tertiary/aromatic N) is 1. The predicted octanol–water partition coefficient (Wildman–Crippen LogP) is 4.07. The summed E-state index contributed by atoms with van der Waals surface area (Å²) in [7, 11) is 0. The molecule has 0 heterocycles. The van der Waals surface area contributed by atoms with Crippen molar-refractivity contribution in [2.24, 2.45) is 4.99 Å². The van der Waals surface area contributed by atoms with E-state index in [1.54, 1.807) is 0 Å². The third kappa shape index (κ3) is 5.99. The number of nitrogens with one attached hydrogen (secondary N) is 2. The summed E-state index contributed by atoms with van der Waals surface area (Å²) in [6, 6.07) is 11.2. The van der Waals surface area contributed by atoms with Crippen molar-refractivity contribution in [1.29, 1.82) is 0 Å². The Bertz CT molecular complexity index is 462.